The van der Waals surface area contributed by atoms with Gasteiger partial charge in [-0.25, -0.2) is 0 Å². The smallest absolute Gasteiger partial charge is 0.0224 e. The van der Waals surface area contributed by atoms with E-state index < -0.39 is 0 Å². The van der Waals surface area contributed by atoms with E-state index in [9.17, 15) is 0 Å². The molecule has 2 saturated heterocycles. The summed E-state index contributed by atoms with van der Waals surface area (Å²) < 4.78 is 0. The fraction of sp³-hybridized carbons (Fsp3) is 1.00. The summed E-state index contributed by atoms with van der Waals surface area (Å²) in [6.45, 7) is 8.07. The minimum absolute atomic E-state index is 0.504. The first kappa shape index (κ1) is 13.7. The minimum Gasteiger partial charge on any atom is -0.329 e. The fourth-order valence-corrected chi connectivity index (χ4v) is 4.97. The number of hydrogen-bond donors (Lipinski definition) is 1. The minimum atomic E-state index is 0.504. The van der Waals surface area contributed by atoms with Crippen LogP contribution in [-0.4, -0.2) is 41.1 Å². The Kier molecular flexibility index (Phi) is 4.43. The number of thioether (sulfide) groups is 1. The van der Waals surface area contributed by atoms with Gasteiger partial charge >= 0.3 is 0 Å². The van der Waals surface area contributed by atoms with E-state index >= 15 is 0 Å². The molecular formula is C14H28N2S. The molecule has 2 nitrogen and oxygen atoms in total. The van der Waals surface area contributed by atoms with E-state index in [1.54, 1.807) is 0 Å². The van der Waals surface area contributed by atoms with Crippen LogP contribution in [0.4, 0.5) is 0 Å². The van der Waals surface area contributed by atoms with Crippen molar-refractivity contribution in [1.82, 2.24) is 4.90 Å². The molecule has 3 unspecified atom stereocenters. The van der Waals surface area contributed by atoms with Crippen LogP contribution in [0, 0.1) is 5.41 Å². The van der Waals surface area contributed by atoms with Crippen LogP contribution in [0.25, 0.3) is 0 Å². The zero-order chi connectivity index (χ0) is 12.5. The Morgan fingerprint density at radius 3 is 2.76 bits per heavy atom. The summed E-state index contributed by atoms with van der Waals surface area (Å²) in [5.41, 5.74) is 6.49. The molecule has 0 aromatic carbocycles. The number of nitrogens with zero attached hydrogens (tertiary/aromatic N) is 1. The molecule has 0 aromatic heterocycles. The highest BCUT2D eigenvalue weighted by Crippen LogP contribution is 2.38. The van der Waals surface area contributed by atoms with Crippen LogP contribution >= 0.6 is 11.8 Å². The van der Waals surface area contributed by atoms with E-state index in [0.717, 1.165) is 18.6 Å². The molecule has 0 spiro atoms. The summed E-state index contributed by atoms with van der Waals surface area (Å²) in [7, 11) is 0. The molecule has 2 aliphatic rings. The Morgan fingerprint density at radius 1 is 1.35 bits per heavy atom. The van der Waals surface area contributed by atoms with Gasteiger partial charge in [0.25, 0.3) is 0 Å². The molecule has 100 valence electrons. The second kappa shape index (κ2) is 5.50. The summed E-state index contributed by atoms with van der Waals surface area (Å²) in [5.74, 6) is 2.63. The van der Waals surface area contributed by atoms with E-state index in [-0.39, 0.29) is 0 Å². The second-order valence-electron chi connectivity index (χ2n) is 6.65. The van der Waals surface area contributed by atoms with Crippen molar-refractivity contribution in [1.29, 1.82) is 0 Å². The van der Waals surface area contributed by atoms with Gasteiger partial charge in [-0.3, -0.25) is 4.90 Å². The maximum absolute atomic E-state index is 5.98. The van der Waals surface area contributed by atoms with Crippen molar-refractivity contribution in [2.75, 3.05) is 18.1 Å². The molecule has 0 radical (unpaired) electrons. The highest BCUT2D eigenvalue weighted by Gasteiger charge is 2.37. The zero-order valence-corrected chi connectivity index (χ0v) is 12.4. The summed E-state index contributed by atoms with van der Waals surface area (Å²) in [6.07, 6.45) is 5.38. The maximum atomic E-state index is 5.98. The lowest BCUT2D eigenvalue weighted by molar-refractivity contribution is 0.0397. The van der Waals surface area contributed by atoms with Crippen molar-refractivity contribution in [3.8, 4) is 0 Å². The number of rotatable bonds is 2. The molecule has 0 aliphatic carbocycles. The lowest BCUT2D eigenvalue weighted by Crippen LogP contribution is -2.56. The molecule has 2 heterocycles. The topological polar surface area (TPSA) is 29.3 Å². The average Bonchev–Trinajstić information content (AvgIpc) is 2.27. The Bertz CT molecular complexity index is 255. The van der Waals surface area contributed by atoms with Gasteiger partial charge in [-0.05, 0) is 37.4 Å². The number of hydrogen-bond acceptors (Lipinski definition) is 3. The Labute approximate surface area is 111 Å². The molecule has 17 heavy (non-hydrogen) atoms. The van der Waals surface area contributed by atoms with E-state index in [2.05, 4.69) is 37.4 Å². The molecule has 0 bridgehead atoms. The zero-order valence-electron chi connectivity index (χ0n) is 11.6. The third-order valence-electron chi connectivity index (χ3n) is 4.37. The third-order valence-corrected chi connectivity index (χ3v) is 5.98. The summed E-state index contributed by atoms with van der Waals surface area (Å²) >= 11 is 2.14. The quantitative estimate of drug-likeness (QED) is 0.824. The maximum Gasteiger partial charge on any atom is 0.0224 e. The molecule has 2 fully saturated rings. The Morgan fingerprint density at radius 2 is 2.12 bits per heavy atom. The Hall–Kier alpha value is 0.270. The van der Waals surface area contributed by atoms with Crippen LogP contribution < -0.4 is 5.73 Å². The number of nitrogens with two attached hydrogens (primary N) is 1. The lowest BCUT2D eigenvalue weighted by atomic mass is 9.84. The molecule has 2 N–H and O–H groups in total. The monoisotopic (exact) mass is 256 g/mol. The molecular weight excluding hydrogens is 228 g/mol. The third kappa shape index (κ3) is 3.18. The van der Waals surface area contributed by atoms with Crippen LogP contribution in [0.2, 0.25) is 0 Å². The molecule has 0 saturated carbocycles. The van der Waals surface area contributed by atoms with Gasteiger partial charge in [-0.2, -0.15) is 11.8 Å². The molecule has 2 rings (SSSR count). The van der Waals surface area contributed by atoms with Gasteiger partial charge in [-0.15, -0.1) is 0 Å². The van der Waals surface area contributed by atoms with Crippen LogP contribution in [0.3, 0.4) is 0 Å². The van der Waals surface area contributed by atoms with Crippen molar-refractivity contribution < 1.29 is 0 Å². The summed E-state index contributed by atoms with van der Waals surface area (Å²) in [5, 5.41) is 0. The molecule has 2 aliphatic heterocycles. The van der Waals surface area contributed by atoms with Gasteiger partial charge in [0, 0.05) is 30.4 Å². The standard InChI is InChI=1S/C14H28N2S/c1-11-5-4-6-12(8-15)16(11)13-7-14(2,3)10-17-9-13/h11-13H,4-10,15H2,1-3H3. The molecule has 0 aromatic rings. The average molecular weight is 256 g/mol. The van der Waals surface area contributed by atoms with Crippen LogP contribution in [0.15, 0.2) is 0 Å². The van der Waals surface area contributed by atoms with Crippen LogP contribution in [0.1, 0.15) is 46.5 Å². The second-order valence-corrected chi connectivity index (χ2v) is 7.68. The lowest BCUT2D eigenvalue weighted by Gasteiger charge is -2.49. The molecule has 3 heteroatoms. The van der Waals surface area contributed by atoms with E-state index in [0.29, 0.717) is 11.5 Å². The van der Waals surface area contributed by atoms with Crippen molar-refractivity contribution in [2.45, 2.75) is 64.6 Å². The highest BCUT2D eigenvalue weighted by molar-refractivity contribution is 7.99. The van der Waals surface area contributed by atoms with Gasteiger partial charge in [0.05, 0.1) is 0 Å². The van der Waals surface area contributed by atoms with Gasteiger partial charge in [0.2, 0.25) is 0 Å². The summed E-state index contributed by atoms with van der Waals surface area (Å²) in [4.78, 5) is 2.76. The van der Waals surface area contributed by atoms with E-state index in [1.807, 2.05) is 0 Å². The fourth-order valence-electron chi connectivity index (χ4n) is 3.62. The van der Waals surface area contributed by atoms with Crippen molar-refractivity contribution in [2.24, 2.45) is 11.1 Å². The van der Waals surface area contributed by atoms with E-state index in [1.165, 1.54) is 37.2 Å². The molecule has 3 atom stereocenters. The van der Waals surface area contributed by atoms with Crippen LogP contribution in [0.5, 0.6) is 0 Å². The predicted octanol–water partition coefficient (Wildman–Crippen LogP) is 2.72. The van der Waals surface area contributed by atoms with Gasteiger partial charge in [0.15, 0.2) is 0 Å². The van der Waals surface area contributed by atoms with Crippen molar-refractivity contribution in [3.05, 3.63) is 0 Å². The van der Waals surface area contributed by atoms with Gasteiger partial charge in [0.1, 0.15) is 0 Å². The predicted molar refractivity (Wildman–Crippen MR) is 77.5 cm³/mol. The van der Waals surface area contributed by atoms with Crippen molar-refractivity contribution in [3.63, 3.8) is 0 Å². The van der Waals surface area contributed by atoms with Gasteiger partial charge < -0.3 is 5.73 Å². The normalized spacial score (nSPS) is 39.2. The first-order chi connectivity index (χ1) is 8.03. The number of likely N-dealkylation sites (tertiary alicyclic amines) is 1. The Balaban J connectivity index is 2.07. The largest absolute Gasteiger partial charge is 0.329 e. The first-order valence-corrected chi connectivity index (χ1v) is 8.24. The van der Waals surface area contributed by atoms with E-state index in [4.69, 9.17) is 5.73 Å². The number of piperidine rings is 1. The first-order valence-electron chi connectivity index (χ1n) is 7.09. The molecule has 0 amide bonds. The SMILES string of the molecule is CC1CCCC(CN)N1C1CSCC(C)(C)C1. The van der Waals surface area contributed by atoms with Crippen LogP contribution in [-0.2, 0) is 0 Å². The highest BCUT2D eigenvalue weighted by atomic mass is 32.2. The van der Waals surface area contributed by atoms with Crippen molar-refractivity contribution >= 4 is 11.8 Å². The summed E-state index contributed by atoms with van der Waals surface area (Å²) in [6, 6.07) is 2.13. The van der Waals surface area contributed by atoms with Gasteiger partial charge in [-0.1, -0.05) is 20.3 Å².